The highest BCUT2D eigenvalue weighted by atomic mass is 32.2. The second-order valence-electron chi connectivity index (χ2n) is 4.08. The van der Waals surface area contributed by atoms with E-state index in [-0.39, 0.29) is 18.2 Å². The summed E-state index contributed by atoms with van der Waals surface area (Å²) in [7, 11) is -3.64. The number of aromatic nitrogens is 2. The van der Waals surface area contributed by atoms with E-state index in [1.54, 1.807) is 10.6 Å². The van der Waals surface area contributed by atoms with Crippen LogP contribution in [0.2, 0.25) is 0 Å². The monoisotopic (exact) mass is 325 g/mol. The molecule has 0 unspecified atom stereocenters. The van der Waals surface area contributed by atoms with Gasteiger partial charge in [0.05, 0.1) is 6.33 Å². The lowest BCUT2D eigenvalue weighted by Gasteiger charge is -2.03. The van der Waals surface area contributed by atoms with Crippen molar-refractivity contribution in [2.45, 2.75) is 25.0 Å². The molecule has 0 amide bonds. The minimum Gasteiger partial charge on any atom is -0.384 e. The van der Waals surface area contributed by atoms with Gasteiger partial charge in [-0.05, 0) is 18.4 Å². The lowest BCUT2D eigenvalue weighted by molar-refractivity contribution is 0.350. The number of hydrogen-bond donors (Lipinski definition) is 2. The Hall–Kier alpha value is -1.66. The van der Waals surface area contributed by atoms with Crippen LogP contribution in [0.1, 0.15) is 17.4 Å². The van der Waals surface area contributed by atoms with Crippen LogP contribution < -0.4 is 4.72 Å². The molecule has 2 aromatic rings. The first-order valence-corrected chi connectivity index (χ1v) is 8.60. The zero-order valence-corrected chi connectivity index (χ0v) is 13.0. The molecule has 0 aliphatic carbocycles. The Morgan fingerprint density at radius 3 is 3.00 bits per heavy atom. The van der Waals surface area contributed by atoms with Gasteiger partial charge < -0.3 is 9.67 Å². The molecule has 0 spiro atoms. The van der Waals surface area contributed by atoms with E-state index in [0.717, 1.165) is 10.4 Å². The molecule has 0 saturated carbocycles. The van der Waals surface area contributed by atoms with Gasteiger partial charge in [-0.2, -0.15) is 0 Å². The molecule has 0 atom stereocenters. The number of nitrogens with one attached hydrogen (secondary N) is 1. The van der Waals surface area contributed by atoms with Gasteiger partial charge in [-0.3, -0.25) is 0 Å². The summed E-state index contributed by atoms with van der Waals surface area (Å²) in [5, 5.41) is 10.5. The fourth-order valence-electron chi connectivity index (χ4n) is 1.61. The van der Waals surface area contributed by atoms with Crippen LogP contribution in [0, 0.1) is 11.8 Å². The molecule has 8 heteroatoms. The largest absolute Gasteiger partial charge is 0.384 e. The van der Waals surface area contributed by atoms with E-state index >= 15 is 0 Å². The van der Waals surface area contributed by atoms with Gasteiger partial charge >= 0.3 is 0 Å². The smallest absolute Gasteiger partial charge is 0.259 e. The number of nitrogens with zero attached hydrogens (tertiary/aromatic N) is 2. The molecule has 0 bridgehead atoms. The Bertz CT molecular complexity index is 766. The molecule has 2 heterocycles. The van der Waals surface area contributed by atoms with Crippen molar-refractivity contribution < 1.29 is 13.5 Å². The van der Waals surface area contributed by atoms with Crippen LogP contribution in [0.3, 0.4) is 0 Å². The van der Waals surface area contributed by atoms with Crippen LogP contribution in [0.4, 0.5) is 0 Å². The van der Waals surface area contributed by atoms with E-state index < -0.39 is 10.0 Å². The van der Waals surface area contributed by atoms with Crippen LogP contribution in [-0.2, 0) is 23.1 Å². The summed E-state index contributed by atoms with van der Waals surface area (Å²) < 4.78 is 28.4. The molecule has 6 nitrogen and oxygen atoms in total. The number of sulfonamides is 1. The molecule has 0 saturated heterocycles. The maximum absolute atomic E-state index is 12.1. The first-order chi connectivity index (χ1) is 10.1. The average Bonchev–Trinajstić information content (AvgIpc) is 3.12. The number of imidazole rings is 1. The summed E-state index contributed by atoms with van der Waals surface area (Å²) in [6, 6.07) is 1.79. The summed E-state index contributed by atoms with van der Waals surface area (Å²) in [4.78, 5) is 4.69. The van der Waals surface area contributed by atoms with E-state index in [9.17, 15) is 8.42 Å². The van der Waals surface area contributed by atoms with Crippen molar-refractivity contribution >= 4 is 21.4 Å². The minimum atomic E-state index is -3.64. The van der Waals surface area contributed by atoms with Crippen LogP contribution in [-0.4, -0.2) is 29.7 Å². The van der Waals surface area contributed by atoms with Crippen molar-refractivity contribution in [2.75, 3.05) is 6.61 Å². The number of aliphatic hydroxyl groups is 1. The quantitative estimate of drug-likeness (QED) is 0.796. The third kappa shape index (κ3) is 3.92. The van der Waals surface area contributed by atoms with Crippen LogP contribution in [0.5, 0.6) is 0 Å². The second kappa shape index (κ2) is 6.87. The Labute approximate surface area is 127 Å². The fraction of sp³-hybridized carbons (Fsp3) is 0.308. The minimum absolute atomic E-state index is 0.00361. The van der Waals surface area contributed by atoms with Crippen molar-refractivity contribution in [1.29, 1.82) is 0 Å². The van der Waals surface area contributed by atoms with Crippen molar-refractivity contribution in [2.24, 2.45) is 0 Å². The number of aliphatic hydroxyl groups excluding tert-OH is 1. The van der Waals surface area contributed by atoms with E-state index in [2.05, 4.69) is 21.5 Å². The van der Waals surface area contributed by atoms with Gasteiger partial charge in [0.2, 0.25) is 0 Å². The molecule has 0 aliphatic rings. The van der Waals surface area contributed by atoms with Gasteiger partial charge in [0.25, 0.3) is 10.0 Å². The standard InChI is InChI=1S/C13H15N3O3S2/c1-2-16-9-13(14-10-16)21(18,19)15-8-12-11(4-3-6-17)5-7-20-12/h5,7,9-10,15,17H,2,6,8H2,1H3. The maximum atomic E-state index is 12.1. The molecule has 112 valence electrons. The summed E-state index contributed by atoms with van der Waals surface area (Å²) >= 11 is 1.41. The maximum Gasteiger partial charge on any atom is 0.259 e. The molecule has 0 radical (unpaired) electrons. The Morgan fingerprint density at radius 1 is 1.52 bits per heavy atom. The average molecular weight is 325 g/mol. The summed E-state index contributed by atoms with van der Waals surface area (Å²) in [5.41, 5.74) is 0.718. The highest BCUT2D eigenvalue weighted by Gasteiger charge is 2.17. The third-order valence-corrected chi connectivity index (χ3v) is 4.93. The molecule has 2 N–H and O–H groups in total. The summed E-state index contributed by atoms with van der Waals surface area (Å²) in [6.45, 7) is 2.49. The number of thiophene rings is 1. The molecule has 21 heavy (non-hydrogen) atoms. The first-order valence-electron chi connectivity index (χ1n) is 6.24. The highest BCUT2D eigenvalue weighted by molar-refractivity contribution is 7.89. The van der Waals surface area contributed by atoms with E-state index in [1.807, 2.05) is 12.3 Å². The molecule has 0 fully saturated rings. The first kappa shape index (κ1) is 15.7. The SMILES string of the molecule is CCn1cnc(S(=O)(=O)NCc2sccc2C#CCO)c1. The highest BCUT2D eigenvalue weighted by Crippen LogP contribution is 2.16. The number of aryl methyl sites for hydroxylation is 1. The van der Waals surface area contributed by atoms with Gasteiger partial charge in [0.15, 0.2) is 5.03 Å². The van der Waals surface area contributed by atoms with Gasteiger partial charge in [-0.1, -0.05) is 11.8 Å². The topological polar surface area (TPSA) is 84.2 Å². The molecule has 0 aliphatic heterocycles. The predicted molar refractivity (Wildman–Crippen MR) is 80.2 cm³/mol. The van der Waals surface area contributed by atoms with Crippen molar-refractivity contribution in [3.8, 4) is 11.8 Å². The normalized spacial score (nSPS) is 11.1. The van der Waals surface area contributed by atoms with Gasteiger partial charge in [-0.25, -0.2) is 18.1 Å². The van der Waals surface area contributed by atoms with E-state index in [4.69, 9.17) is 5.11 Å². The molecule has 2 aromatic heterocycles. The van der Waals surface area contributed by atoms with Gasteiger partial charge in [0, 0.05) is 29.7 Å². The molecular weight excluding hydrogens is 310 g/mol. The predicted octanol–water partition coefficient (Wildman–Crippen LogP) is 0.787. The number of rotatable bonds is 5. The van der Waals surface area contributed by atoms with Crippen molar-refractivity contribution in [3.63, 3.8) is 0 Å². The summed E-state index contributed by atoms with van der Waals surface area (Å²) in [5.74, 6) is 5.34. The van der Waals surface area contributed by atoms with Crippen LogP contribution in [0.15, 0.2) is 29.0 Å². The Kier molecular flexibility index (Phi) is 5.14. The second-order valence-corrected chi connectivity index (χ2v) is 6.80. The third-order valence-electron chi connectivity index (χ3n) is 2.72. The number of hydrogen-bond acceptors (Lipinski definition) is 5. The van der Waals surface area contributed by atoms with Crippen molar-refractivity contribution in [1.82, 2.24) is 14.3 Å². The lowest BCUT2D eigenvalue weighted by atomic mass is 10.2. The van der Waals surface area contributed by atoms with Crippen LogP contribution in [0.25, 0.3) is 0 Å². The molecule has 2 rings (SSSR count). The lowest BCUT2D eigenvalue weighted by Crippen LogP contribution is -2.23. The molecular formula is C13H15N3O3S2. The van der Waals surface area contributed by atoms with E-state index in [0.29, 0.717) is 6.54 Å². The molecule has 0 aromatic carbocycles. The Balaban J connectivity index is 2.10. The zero-order chi connectivity index (χ0) is 15.3. The zero-order valence-electron chi connectivity index (χ0n) is 11.4. The summed E-state index contributed by atoms with van der Waals surface area (Å²) in [6.07, 6.45) is 2.97. The van der Waals surface area contributed by atoms with E-state index in [1.165, 1.54) is 23.9 Å². The fourth-order valence-corrected chi connectivity index (χ4v) is 3.41. The Morgan fingerprint density at radius 2 is 2.33 bits per heavy atom. The van der Waals surface area contributed by atoms with Crippen LogP contribution >= 0.6 is 11.3 Å². The van der Waals surface area contributed by atoms with Crippen molar-refractivity contribution in [3.05, 3.63) is 34.4 Å². The van der Waals surface area contributed by atoms with Gasteiger partial charge in [0.1, 0.15) is 6.61 Å². The van der Waals surface area contributed by atoms with Gasteiger partial charge in [-0.15, -0.1) is 11.3 Å².